The topological polar surface area (TPSA) is 52.0 Å². The van der Waals surface area contributed by atoms with Crippen LogP contribution < -0.4 is 0 Å². The van der Waals surface area contributed by atoms with Crippen molar-refractivity contribution in [2.24, 2.45) is 0 Å². The summed E-state index contributed by atoms with van der Waals surface area (Å²) in [6.45, 7) is 0. The molecule has 4 nitrogen and oxygen atoms in total. The lowest BCUT2D eigenvalue weighted by Gasteiger charge is -2.01. The van der Waals surface area contributed by atoms with E-state index in [1.165, 1.54) is 16.2 Å². The molecule has 2 aromatic rings. The van der Waals surface area contributed by atoms with Gasteiger partial charge in [-0.25, -0.2) is 17.4 Å². The van der Waals surface area contributed by atoms with Crippen LogP contribution in [0.25, 0.3) is 10.9 Å². The number of fused-ring (bicyclic) bond motifs is 1. The fourth-order valence-corrected chi connectivity index (χ4v) is 2.22. The highest BCUT2D eigenvalue weighted by molar-refractivity contribution is 7.89. The average molecular weight is 231 g/mol. The molecule has 74 valence electrons. The molecule has 0 saturated carbocycles. The predicted molar refractivity (Wildman–Crippen MR) is 55.0 cm³/mol. The van der Waals surface area contributed by atoms with Crippen molar-refractivity contribution < 1.29 is 8.42 Å². The molecule has 0 aliphatic heterocycles. The summed E-state index contributed by atoms with van der Waals surface area (Å²) in [5.74, 6) is 0. The van der Waals surface area contributed by atoms with E-state index in [4.69, 9.17) is 11.6 Å². The standard InChI is InChI=1S/C8H7ClN2O2S/c1-14(12,13)11-3-2-6-5-10-8(9)4-7(6)11/h2-5H,1H3. The summed E-state index contributed by atoms with van der Waals surface area (Å²) in [5, 5.41) is 1.03. The van der Waals surface area contributed by atoms with Crippen LogP contribution in [0.1, 0.15) is 0 Å². The van der Waals surface area contributed by atoms with Gasteiger partial charge in [0.2, 0.25) is 10.0 Å². The van der Waals surface area contributed by atoms with Gasteiger partial charge in [0.1, 0.15) is 5.15 Å². The molecule has 0 bridgehead atoms. The summed E-state index contributed by atoms with van der Waals surface area (Å²) in [4.78, 5) is 3.86. The zero-order valence-electron chi connectivity index (χ0n) is 7.31. The number of aromatic nitrogens is 2. The fourth-order valence-electron chi connectivity index (χ4n) is 1.27. The quantitative estimate of drug-likeness (QED) is 0.698. The maximum Gasteiger partial charge on any atom is 0.236 e. The van der Waals surface area contributed by atoms with Gasteiger partial charge in [-0.15, -0.1) is 0 Å². The van der Waals surface area contributed by atoms with E-state index in [1.54, 1.807) is 12.3 Å². The Hall–Kier alpha value is -1.07. The third-order valence-electron chi connectivity index (χ3n) is 1.86. The third-order valence-corrected chi connectivity index (χ3v) is 3.10. The highest BCUT2D eigenvalue weighted by Crippen LogP contribution is 2.19. The van der Waals surface area contributed by atoms with Crippen LogP contribution in [-0.4, -0.2) is 23.6 Å². The van der Waals surface area contributed by atoms with Gasteiger partial charge in [-0.3, -0.25) is 0 Å². The van der Waals surface area contributed by atoms with Crippen LogP contribution >= 0.6 is 11.6 Å². The molecule has 0 saturated heterocycles. The van der Waals surface area contributed by atoms with Gasteiger partial charge in [0, 0.05) is 23.8 Å². The van der Waals surface area contributed by atoms with Crippen LogP contribution in [0.5, 0.6) is 0 Å². The molecule has 0 aliphatic carbocycles. The smallest absolute Gasteiger partial charge is 0.236 e. The molecule has 6 heteroatoms. The fraction of sp³-hybridized carbons (Fsp3) is 0.125. The lowest BCUT2D eigenvalue weighted by molar-refractivity contribution is 0.595. The van der Waals surface area contributed by atoms with Crippen LogP contribution in [0, 0.1) is 0 Å². The largest absolute Gasteiger partial charge is 0.245 e. The Kier molecular flexibility index (Phi) is 2.01. The van der Waals surface area contributed by atoms with Crippen LogP contribution in [0.15, 0.2) is 24.5 Å². The van der Waals surface area contributed by atoms with Gasteiger partial charge in [-0.1, -0.05) is 11.6 Å². The molecule has 0 atom stereocenters. The second-order valence-corrected chi connectivity index (χ2v) is 5.19. The first-order chi connectivity index (χ1) is 6.48. The van der Waals surface area contributed by atoms with E-state index in [0.717, 1.165) is 11.6 Å². The van der Waals surface area contributed by atoms with Gasteiger partial charge < -0.3 is 0 Å². The number of hydrogen-bond acceptors (Lipinski definition) is 3. The first-order valence-corrected chi connectivity index (χ1v) is 6.04. The summed E-state index contributed by atoms with van der Waals surface area (Å²) in [6, 6.07) is 3.21. The molecule has 14 heavy (non-hydrogen) atoms. The first-order valence-electron chi connectivity index (χ1n) is 3.81. The van der Waals surface area contributed by atoms with E-state index in [2.05, 4.69) is 4.98 Å². The van der Waals surface area contributed by atoms with Crippen molar-refractivity contribution in [2.45, 2.75) is 0 Å². The van der Waals surface area contributed by atoms with Crippen LogP contribution in [-0.2, 0) is 10.0 Å². The maximum atomic E-state index is 11.3. The lowest BCUT2D eigenvalue weighted by atomic mass is 10.3. The molecule has 2 aromatic heterocycles. The zero-order valence-corrected chi connectivity index (χ0v) is 8.88. The van der Waals surface area contributed by atoms with E-state index in [1.807, 2.05) is 0 Å². The minimum absolute atomic E-state index is 0.279. The second-order valence-electron chi connectivity index (χ2n) is 2.94. The molecule has 0 amide bonds. The van der Waals surface area contributed by atoms with Crippen molar-refractivity contribution in [1.82, 2.24) is 8.96 Å². The van der Waals surface area contributed by atoms with Crippen LogP contribution in [0.4, 0.5) is 0 Å². The Morgan fingerprint density at radius 3 is 2.86 bits per heavy atom. The maximum absolute atomic E-state index is 11.3. The van der Waals surface area contributed by atoms with Crippen molar-refractivity contribution in [2.75, 3.05) is 6.26 Å². The van der Waals surface area contributed by atoms with E-state index in [9.17, 15) is 8.42 Å². The molecular weight excluding hydrogens is 224 g/mol. The van der Waals surface area contributed by atoms with E-state index < -0.39 is 10.0 Å². The summed E-state index contributed by atoms with van der Waals surface area (Å²) in [5.41, 5.74) is 0.549. The Morgan fingerprint density at radius 1 is 1.50 bits per heavy atom. The number of nitrogens with zero attached hydrogens (tertiary/aromatic N) is 2. The molecular formula is C8H7ClN2O2S. The van der Waals surface area contributed by atoms with Gasteiger partial charge in [0.15, 0.2) is 0 Å². The van der Waals surface area contributed by atoms with Crippen molar-refractivity contribution in [3.63, 3.8) is 0 Å². The highest BCUT2D eigenvalue weighted by atomic mass is 35.5. The van der Waals surface area contributed by atoms with Gasteiger partial charge in [0.25, 0.3) is 0 Å². The minimum Gasteiger partial charge on any atom is -0.245 e. The van der Waals surface area contributed by atoms with Gasteiger partial charge in [-0.05, 0) is 6.07 Å². The predicted octanol–water partition coefficient (Wildman–Crippen LogP) is 1.50. The molecule has 2 rings (SSSR count). The van der Waals surface area contributed by atoms with Crippen molar-refractivity contribution in [3.05, 3.63) is 29.7 Å². The Morgan fingerprint density at radius 2 is 2.21 bits per heavy atom. The Labute approximate surface area is 86.2 Å². The minimum atomic E-state index is -3.27. The number of halogens is 1. The summed E-state index contributed by atoms with van der Waals surface area (Å²) in [7, 11) is -3.27. The monoisotopic (exact) mass is 230 g/mol. The Balaban J connectivity index is 2.87. The van der Waals surface area contributed by atoms with E-state index in [-0.39, 0.29) is 5.15 Å². The number of rotatable bonds is 1. The number of hydrogen-bond donors (Lipinski definition) is 0. The molecule has 0 spiro atoms. The number of pyridine rings is 1. The second kappa shape index (κ2) is 2.96. The molecule has 2 heterocycles. The summed E-state index contributed by atoms with van der Waals surface area (Å²) >= 11 is 5.68. The SMILES string of the molecule is CS(=O)(=O)n1ccc2cnc(Cl)cc21. The molecule has 0 N–H and O–H groups in total. The molecule has 0 radical (unpaired) electrons. The van der Waals surface area contributed by atoms with E-state index in [0.29, 0.717) is 5.52 Å². The summed E-state index contributed by atoms with van der Waals surface area (Å²) in [6.07, 6.45) is 4.16. The zero-order chi connectivity index (χ0) is 10.3. The molecule has 0 aliphatic rings. The third kappa shape index (κ3) is 1.49. The lowest BCUT2D eigenvalue weighted by Crippen LogP contribution is -2.07. The van der Waals surface area contributed by atoms with Crippen LogP contribution in [0.2, 0.25) is 5.15 Å². The summed E-state index contributed by atoms with van der Waals surface area (Å²) < 4.78 is 23.8. The van der Waals surface area contributed by atoms with Crippen molar-refractivity contribution >= 4 is 32.5 Å². The Bertz CT molecular complexity index is 588. The normalized spacial score (nSPS) is 12.1. The highest BCUT2D eigenvalue weighted by Gasteiger charge is 2.09. The van der Waals surface area contributed by atoms with Crippen molar-refractivity contribution in [3.8, 4) is 0 Å². The molecule has 0 unspecified atom stereocenters. The van der Waals surface area contributed by atoms with Gasteiger partial charge in [0.05, 0.1) is 11.8 Å². The van der Waals surface area contributed by atoms with Gasteiger partial charge >= 0.3 is 0 Å². The average Bonchev–Trinajstić information content (AvgIpc) is 2.45. The molecule has 0 fully saturated rings. The van der Waals surface area contributed by atoms with Crippen molar-refractivity contribution in [1.29, 1.82) is 0 Å². The first kappa shape index (κ1) is 9.48. The van der Waals surface area contributed by atoms with Gasteiger partial charge in [-0.2, -0.15) is 0 Å². The van der Waals surface area contributed by atoms with Crippen LogP contribution in [0.3, 0.4) is 0 Å². The molecule has 0 aromatic carbocycles. The van der Waals surface area contributed by atoms with E-state index >= 15 is 0 Å².